The van der Waals surface area contributed by atoms with Crippen molar-refractivity contribution in [2.75, 3.05) is 5.32 Å². The van der Waals surface area contributed by atoms with E-state index in [1.165, 1.54) is 0 Å². The first-order valence-corrected chi connectivity index (χ1v) is 7.84. The van der Waals surface area contributed by atoms with Gasteiger partial charge in [0.25, 0.3) is 11.8 Å². The van der Waals surface area contributed by atoms with Gasteiger partial charge in [-0.25, -0.2) is 0 Å². The molecule has 4 rings (SSSR count). The van der Waals surface area contributed by atoms with Gasteiger partial charge in [-0.15, -0.1) is 0 Å². The molecule has 2 aromatic heterocycles. The molecule has 0 atom stereocenters. The predicted octanol–water partition coefficient (Wildman–Crippen LogP) is 2.21. The third kappa shape index (κ3) is 2.87. The molecule has 0 saturated carbocycles. The number of hydrogen-bond acceptors (Lipinski definition) is 4. The van der Waals surface area contributed by atoms with Crippen molar-refractivity contribution in [3.05, 3.63) is 77.2 Å². The van der Waals surface area contributed by atoms with Crippen molar-refractivity contribution in [2.45, 2.75) is 13.1 Å². The summed E-state index contributed by atoms with van der Waals surface area (Å²) in [6.45, 7) is 0.835. The Kier molecular flexibility index (Phi) is 3.74. The van der Waals surface area contributed by atoms with E-state index in [0.29, 0.717) is 30.0 Å². The number of nitrogens with zero attached hydrogens (tertiary/aromatic N) is 3. The van der Waals surface area contributed by atoms with E-state index >= 15 is 0 Å². The lowest BCUT2D eigenvalue weighted by Gasteiger charge is -2.15. The average Bonchev–Trinajstić information content (AvgIpc) is 3.24. The summed E-state index contributed by atoms with van der Waals surface area (Å²) in [4.78, 5) is 30.5. The molecule has 0 fully saturated rings. The molecule has 2 amide bonds. The number of carbonyl (C=O) groups is 2. The number of aromatic amines is 1. The number of pyridine rings is 1. The Morgan fingerprint density at radius 3 is 2.52 bits per heavy atom. The fourth-order valence-electron chi connectivity index (χ4n) is 2.83. The van der Waals surface area contributed by atoms with Gasteiger partial charge in [-0.3, -0.25) is 19.7 Å². The zero-order valence-electron chi connectivity index (χ0n) is 13.3. The number of H-pyrrole nitrogens is 1. The van der Waals surface area contributed by atoms with Crippen molar-refractivity contribution >= 4 is 17.6 Å². The first-order chi connectivity index (χ1) is 12.2. The molecule has 7 nitrogen and oxygen atoms in total. The van der Waals surface area contributed by atoms with Gasteiger partial charge in [-0.2, -0.15) is 5.10 Å². The first-order valence-electron chi connectivity index (χ1n) is 7.84. The molecule has 0 unspecified atom stereocenters. The Labute approximate surface area is 143 Å². The van der Waals surface area contributed by atoms with Gasteiger partial charge in [0.1, 0.15) is 0 Å². The smallest absolute Gasteiger partial charge is 0.256 e. The maximum absolute atomic E-state index is 12.5. The van der Waals surface area contributed by atoms with E-state index in [0.717, 1.165) is 11.3 Å². The molecule has 1 aliphatic heterocycles. The van der Waals surface area contributed by atoms with Gasteiger partial charge < -0.3 is 10.2 Å². The van der Waals surface area contributed by atoms with Gasteiger partial charge in [0.05, 0.1) is 18.8 Å². The van der Waals surface area contributed by atoms with Gasteiger partial charge in [0.15, 0.2) is 5.82 Å². The number of hydrogen-bond donors (Lipinski definition) is 2. The van der Waals surface area contributed by atoms with Crippen LogP contribution in [0.4, 0.5) is 5.82 Å². The molecule has 0 aliphatic carbocycles. The molecule has 0 spiro atoms. The molecule has 2 N–H and O–H groups in total. The second-order valence-electron chi connectivity index (χ2n) is 5.75. The van der Waals surface area contributed by atoms with Crippen molar-refractivity contribution in [1.29, 1.82) is 0 Å². The van der Waals surface area contributed by atoms with E-state index in [2.05, 4.69) is 20.5 Å². The highest BCUT2D eigenvalue weighted by Crippen LogP contribution is 2.28. The van der Waals surface area contributed by atoms with Gasteiger partial charge in [0.2, 0.25) is 0 Å². The number of carbonyl (C=O) groups excluding carboxylic acids is 2. The van der Waals surface area contributed by atoms with E-state index in [4.69, 9.17) is 0 Å². The van der Waals surface area contributed by atoms with Crippen molar-refractivity contribution in [1.82, 2.24) is 20.1 Å². The Hall–Kier alpha value is -3.48. The third-order valence-electron chi connectivity index (χ3n) is 4.13. The summed E-state index contributed by atoms with van der Waals surface area (Å²) in [6.07, 6.45) is 3.19. The fraction of sp³-hybridized carbons (Fsp3) is 0.111. The van der Waals surface area contributed by atoms with Crippen LogP contribution in [-0.2, 0) is 13.1 Å². The van der Waals surface area contributed by atoms with Gasteiger partial charge in [-0.1, -0.05) is 18.2 Å². The SMILES string of the molecule is O=C(Nc1n[nH]c2c1CN(C(=O)c1ccncc1)C2)c1ccccc1. The van der Waals surface area contributed by atoms with Crippen LogP contribution in [0.25, 0.3) is 0 Å². The van der Waals surface area contributed by atoms with E-state index < -0.39 is 0 Å². The van der Waals surface area contributed by atoms with Crippen LogP contribution >= 0.6 is 0 Å². The lowest BCUT2D eigenvalue weighted by Crippen LogP contribution is -2.26. The summed E-state index contributed by atoms with van der Waals surface area (Å²) in [6, 6.07) is 12.3. The molecule has 0 radical (unpaired) electrons. The summed E-state index contributed by atoms with van der Waals surface area (Å²) in [7, 11) is 0. The monoisotopic (exact) mass is 333 g/mol. The summed E-state index contributed by atoms with van der Waals surface area (Å²) in [5.74, 6) is 0.162. The van der Waals surface area contributed by atoms with Crippen LogP contribution in [0.5, 0.6) is 0 Å². The van der Waals surface area contributed by atoms with Gasteiger partial charge in [0, 0.05) is 29.1 Å². The van der Waals surface area contributed by atoms with Crippen molar-refractivity contribution in [2.24, 2.45) is 0 Å². The maximum Gasteiger partial charge on any atom is 0.256 e. The number of anilines is 1. The lowest BCUT2D eigenvalue weighted by atomic mass is 10.2. The third-order valence-corrected chi connectivity index (χ3v) is 4.13. The van der Waals surface area contributed by atoms with Crippen LogP contribution in [0.2, 0.25) is 0 Å². The normalized spacial score (nSPS) is 12.7. The Morgan fingerprint density at radius 2 is 1.76 bits per heavy atom. The Balaban J connectivity index is 1.50. The first kappa shape index (κ1) is 15.1. The molecule has 7 heteroatoms. The van der Waals surface area contributed by atoms with Crippen molar-refractivity contribution < 1.29 is 9.59 Å². The van der Waals surface area contributed by atoms with E-state index in [1.807, 2.05) is 6.07 Å². The van der Waals surface area contributed by atoms with E-state index in [1.54, 1.807) is 53.7 Å². The quantitative estimate of drug-likeness (QED) is 0.769. The molecule has 1 aliphatic rings. The van der Waals surface area contributed by atoms with Crippen LogP contribution in [0, 0.1) is 0 Å². The number of fused-ring (bicyclic) bond motifs is 1. The van der Waals surface area contributed by atoms with Crippen LogP contribution < -0.4 is 5.32 Å². The summed E-state index contributed by atoms with van der Waals surface area (Å²) >= 11 is 0. The number of aromatic nitrogens is 3. The molecule has 0 bridgehead atoms. The number of rotatable bonds is 3. The molecule has 3 heterocycles. The molecule has 0 saturated heterocycles. The lowest BCUT2D eigenvalue weighted by molar-refractivity contribution is 0.0749. The highest BCUT2D eigenvalue weighted by atomic mass is 16.2. The largest absolute Gasteiger partial charge is 0.328 e. The van der Waals surface area contributed by atoms with Crippen molar-refractivity contribution in [3.63, 3.8) is 0 Å². The molecule has 25 heavy (non-hydrogen) atoms. The van der Waals surface area contributed by atoms with Crippen LogP contribution in [0.3, 0.4) is 0 Å². The number of amides is 2. The van der Waals surface area contributed by atoms with E-state index in [-0.39, 0.29) is 11.8 Å². The van der Waals surface area contributed by atoms with Gasteiger partial charge in [-0.05, 0) is 24.3 Å². The second-order valence-corrected chi connectivity index (χ2v) is 5.75. The zero-order valence-corrected chi connectivity index (χ0v) is 13.3. The summed E-state index contributed by atoms with van der Waals surface area (Å²) < 4.78 is 0. The second kappa shape index (κ2) is 6.20. The van der Waals surface area contributed by atoms with Crippen LogP contribution in [0.1, 0.15) is 32.0 Å². The summed E-state index contributed by atoms with van der Waals surface area (Å²) in [5, 5.41) is 9.88. The average molecular weight is 333 g/mol. The minimum atomic E-state index is -0.228. The van der Waals surface area contributed by atoms with Crippen molar-refractivity contribution in [3.8, 4) is 0 Å². The Morgan fingerprint density at radius 1 is 1.00 bits per heavy atom. The topological polar surface area (TPSA) is 91.0 Å². The maximum atomic E-state index is 12.5. The molecule has 1 aromatic carbocycles. The molecule has 124 valence electrons. The standard InChI is InChI=1S/C18H15N5O2/c24-17(12-4-2-1-3-5-12)20-16-14-10-23(11-15(14)21-22-16)18(25)13-6-8-19-9-7-13/h1-9H,10-11H2,(H2,20,21,22,24). The number of benzene rings is 1. The molecule has 3 aromatic rings. The Bertz CT molecular complexity index is 921. The highest BCUT2D eigenvalue weighted by Gasteiger charge is 2.29. The summed E-state index contributed by atoms with van der Waals surface area (Å²) in [5.41, 5.74) is 2.82. The predicted molar refractivity (Wildman–Crippen MR) is 90.8 cm³/mol. The van der Waals surface area contributed by atoms with Crippen LogP contribution in [-0.4, -0.2) is 31.9 Å². The minimum Gasteiger partial charge on any atom is -0.328 e. The van der Waals surface area contributed by atoms with Gasteiger partial charge >= 0.3 is 0 Å². The van der Waals surface area contributed by atoms with Crippen LogP contribution in [0.15, 0.2) is 54.9 Å². The fourth-order valence-corrected chi connectivity index (χ4v) is 2.83. The minimum absolute atomic E-state index is 0.0765. The molecular formula is C18H15N5O2. The number of nitrogens with one attached hydrogen (secondary N) is 2. The van der Waals surface area contributed by atoms with E-state index in [9.17, 15) is 9.59 Å². The zero-order chi connectivity index (χ0) is 17.2. The highest BCUT2D eigenvalue weighted by molar-refractivity contribution is 6.04. The molecular weight excluding hydrogens is 318 g/mol.